The average molecular weight is 272 g/mol. The minimum Gasteiger partial charge on any atom is -0.385 e. The fourth-order valence-electron chi connectivity index (χ4n) is 3.21. The topological polar surface area (TPSA) is 32.3 Å². The van der Waals surface area contributed by atoms with Gasteiger partial charge in [0, 0.05) is 27.7 Å². The first kappa shape index (κ1) is 11.8. The van der Waals surface area contributed by atoms with Crippen molar-refractivity contribution in [2.24, 2.45) is 0 Å². The summed E-state index contributed by atoms with van der Waals surface area (Å²) in [5.74, 6) is 0. The Morgan fingerprint density at radius 2 is 1.82 bits per heavy atom. The highest BCUT2D eigenvalue weighted by atomic mass is 35.5. The van der Waals surface area contributed by atoms with Gasteiger partial charge in [-0.15, -0.1) is 0 Å². The van der Waals surface area contributed by atoms with Crippen LogP contribution < -0.4 is 5.32 Å². The Balaban J connectivity index is 1.97. The van der Waals surface area contributed by atoms with Crippen LogP contribution in [0.4, 0.5) is 0 Å². The fourth-order valence-corrected chi connectivity index (χ4v) is 3.79. The first-order valence-corrected chi connectivity index (χ1v) is 6.76. The number of rotatable bonds is 1. The zero-order chi connectivity index (χ0) is 12.0. The molecule has 1 aromatic carbocycles. The van der Waals surface area contributed by atoms with Crippen LogP contribution >= 0.6 is 23.2 Å². The molecule has 1 aromatic rings. The van der Waals surface area contributed by atoms with Gasteiger partial charge in [-0.05, 0) is 37.8 Å². The van der Waals surface area contributed by atoms with E-state index in [0.29, 0.717) is 22.1 Å². The molecule has 2 atom stereocenters. The molecule has 0 aliphatic carbocycles. The van der Waals surface area contributed by atoms with Crippen molar-refractivity contribution in [3.63, 3.8) is 0 Å². The van der Waals surface area contributed by atoms with Crippen LogP contribution in [-0.2, 0) is 5.60 Å². The van der Waals surface area contributed by atoms with Gasteiger partial charge in [0.15, 0.2) is 0 Å². The summed E-state index contributed by atoms with van der Waals surface area (Å²) in [7, 11) is 0. The molecular weight excluding hydrogens is 257 g/mol. The predicted octanol–water partition coefficient (Wildman–Crippen LogP) is 3.10. The fraction of sp³-hybridized carbons (Fsp3) is 0.538. The molecular formula is C13H15Cl2NO. The van der Waals surface area contributed by atoms with Gasteiger partial charge < -0.3 is 10.4 Å². The molecule has 2 nitrogen and oxygen atoms in total. The molecule has 0 saturated carbocycles. The van der Waals surface area contributed by atoms with Gasteiger partial charge in [-0.2, -0.15) is 0 Å². The number of benzene rings is 1. The van der Waals surface area contributed by atoms with E-state index >= 15 is 0 Å². The minimum atomic E-state index is -0.793. The van der Waals surface area contributed by atoms with Gasteiger partial charge in [0.05, 0.1) is 5.60 Å². The highest BCUT2D eigenvalue weighted by molar-refractivity contribution is 6.35. The molecule has 17 heavy (non-hydrogen) atoms. The molecule has 0 amide bonds. The van der Waals surface area contributed by atoms with Crippen molar-refractivity contribution < 1.29 is 5.11 Å². The summed E-state index contributed by atoms with van der Waals surface area (Å²) in [5.41, 5.74) is 0.0284. The Morgan fingerprint density at radius 3 is 2.41 bits per heavy atom. The summed E-state index contributed by atoms with van der Waals surface area (Å²) in [6.07, 6.45) is 3.78. The van der Waals surface area contributed by atoms with Gasteiger partial charge in [-0.3, -0.25) is 0 Å². The third kappa shape index (κ3) is 2.08. The predicted molar refractivity (Wildman–Crippen MR) is 69.5 cm³/mol. The van der Waals surface area contributed by atoms with E-state index in [0.717, 1.165) is 31.2 Å². The molecule has 2 saturated heterocycles. The van der Waals surface area contributed by atoms with E-state index in [1.807, 2.05) is 6.07 Å². The molecule has 0 aromatic heterocycles. The van der Waals surface area contributed by atoms with Crippen LogP contribution in [0, 0.1) is 0 Å². The van der Waals surface area contributed by atoms with Crippen LogP contribution in [0.1, 0.15) is 31.2 Å². The largest absolute Gasteiger partial charge is 0.385 e. The molecule has 2 aliphatic rings. The third-order valence-electron chi connectivity index (χ3n) is 3.94. The lowest BCUT2D eigenvalue weighted by molar-refractivity contribution is -0.0113. The summed E-state index contributed by atoms with van der Waals surface area (Å²) in [5, 5.41) is 15.5. The Kier molecular flexibility index (Phi) is 2.86. The van der Waals surface area contributed by atoms with Gasteiger partial charge in [0.25, 0.3) is 0 Å². The number of hydrogen-bond donors (Lipinski definition) is 2. The van der Waals surface area contributed by atoms with Gasteiger partial charge in [-0.1, -0.05) is 29.3 Å². The second kappa shape index (κ2) is 4.13. The molecule has 2 bridgehead atoms. The highest BCUT2D eigenvalue weighted by Crippen LogP contribution is 2.43. The Labute approximate surface area is 111 Å². The van der Waals surface area contributed by atoms with Crippen molar-refractivity contribution in [3.05, 3.63) is 33.8 Å². The lowest BCUT2D eigenvalue weighted by atomic mass is 9.81. The van der Waals surface area contributed by atoms with E-state index < -0.39 is 5.60 Å². The van der Waals surface area contributed by atoms with Gasteiger partial charge in [-0.25, -0.2) is 0 Å². The smallest absolute Gasteiger partial charge is 0.0940 e. The molecule has 92 valence electrons. The summed E-state index contributed by atoms with van der Waals surface area (Å²) in [6.45, 7) is 0. The van der Waals surface area contributed by atoms with Gasteiger partial charge in [0.2, 0.25) is 0 Å². The molecule has 2 heterocycles. The SMILES string of the molecule is OC1(c2ccc(Cl)cc2Cl)CC2CCC(C1)N2. The molecule has 0 radical (unpaired) electrons. The average Bonchev–Trinajstić information content (AvgIpc) is 2.58. The number of fused-ring (bicyclic) bond motifs is 2. The van der Waals surface area contributed by atoms with Gasteiger partial charge >= 0.3 is 0 Å². The van der Waals surface area contributed by atoms with Crippen molar-refractivity contribution >= 4 is 23.2 Å². The van der Waals surface area contributed by atoms with E-state index in [4.69, 9.17) is 23.2 Å². The Morgan fingerprint density at radius 1 is 1.18 bits per heavy atom. The van der Waals surface area contributed by atoms with Crippen molar-refractivity contribution in [1.29, 1.82) is 0 Å². The van der Waals surface area contributed by atoms with Crippen molar-refractivity contribution in [2.45, 2.75) is 43.4 Å². The van der Waals surface area contributed by atoms with Crippen LogP contribution in [0.2, 0.25) is 10.0 Å². The Hall–Kier alpha value is -0.280. The number of nitrogens with one attached hydrogen (secondary N) is 1. The highest BCUT2D eigenvalue weighted by Gasteiger charge is 2.44. The maximum Gasteiger partial charge on any atom is 0.0940 e. The zero-order valence-corrected chi connectivity index (χ0v) is 10.9. The maximum atomic E-state index is 10.8. The normalized spacial score (nSPS) is 36.2. The summed E-state index contributed by atoms with van der Waals surface area (Å²) < 4.78 is 0. The van der Waals surface area contributed by atoms with Crippen LogP contribution in [0.25, 0.3) is 0 Å². The first-order valence-electron chi connectivity index (χ1n) is 6.01. The number of hydrogen-bond acceptors (Lipinski definition) is 2. The van der Waals surface area contributed by atoms with E-state index in [1.165, 1.54) is 0 Å². The summed E-state index contributed by atoms with van der Waals surface area (Å²) in [6, 6.07) is 6.21. The molecule has 2 unspecified atom stereocenters. The second-order valence-electron chi connectivity index (χ2n) is 5.20. The van der Waals surface area contributed by atoms with E-state index in [1.54, 1.807) is 12.1 Å². The molecule has 2 fully saturated rings. The van der Waals surface area contributed by atoms with Crippen LogP contribution in [0.5, 0.6) is 0 Å². The number of halogens is 2. The van der Waals surface area contributed by atoms with Crippen molar-refractivity contribution in [1.82, 2.24) is 5.32 Å². The lowest BCUT2D eigenvalue weighted by Crippen LogP contribution is -2.46. The Bertz CT molecular complexity index is 437. The minimum absolute atomic E-state index is 0.422. The lowest BCUT2D eigenvalue weighted by Gasteiger charge is -2.38. The monoisotopic (exact) mass is 271 g/mol. The number of piperidine rings is 1. The molecule has 4 heteroatoms. The quantitative estimate of drug-likeness (QED) is 0.823. The second-order valence-corrected chi connectivity index (χ2v) is 6.05. The standard InChI is InChI=1S/C13H15Cl2NO/c14-8-1-4-11(12(15)5-8)13(17)6-9-2-3-10(7-13)16-9/h1,4-5,9-10,16-17H,2-3,6-7H2. The first-order chi connectivity index (χ1) is 8.07. The van der Waals surface area contributed by atoms with Crippen molar-refractivity contribution in [2.75, 3.05) is 0 Å². The van der Waals surface area contributed by atoms with Crippen LogP contribution in [0.15, 0.2) is 18.2 Å². The molecule has 0 spiro atoms. The maximum absolute atomic E-state index is 10.8. The van der Waals surface area contributed by atoms with Gasteiger partial charge in [0.1, 0.15) is 0 Å². The van der Waals surface area contributed by atoms with E-state index in [-0.39, 0.29) is 0 Å². The zero-order valence-electron chi connectivity index (χ0n) is 9.42. The number of aliphatic hydroxyl groups is 1. The van der Waals surface area contributed by atoms with E-state index in [2.05, 4.69) is 5.32 Å². The van der Waals surface area contributed by atoms with Crippen molar-refractivity contribution in [3.8, 4) is 0 Å². The third-order valence-corrected chi connectivity index (χ3v) is 4.48. The molecule has 3 rings (SSSR count). The summed E-state index contributed by atoms with van der Waals surface area (Å²) >= 11 is 12.1. The summed E-state index contributed by atoms with van der Waals surface area (Å²) in [4.78, 5) is 0. The molecule has 2 aliphatic heterocycles. The van der Waals surface area contributed by atoms with Crippen LogP contribution in [0.3, 0.4) is 0 Å². The van der Waals surface area contributed by atoms with Crippen LogP contribution in [-0.4, -0.2) is 17.2 Å². The van der Waals surface area contributed by atoms with E-state index in [9.17, 15) is 5.11 Å². The molecule has 2 N–H and O–H groups in total.